The first kappa shape index (κ1) is 6.07. The summed E-state index contributed by atoms with van der Waals surface area (Å²) in [5, 5.41) is 6.22. The zero-order chi connectivity index (χ0) is 6.69. The van der Waals surface area contributed by atoms with Crippen LogP contribution in [0.1, 0.15) is 5.69 Å². The van der Waals surface area contributed by atoms with Crippen molar-refractivity contribution in [3.8, 4) is 0 Å². The topological polar surface area (TPSA) is 54.7 Å². The Morgan fingerprint density at radius 3 is 3.00 bits per heavy atom. The molecular weight excluding hydrogens is 121 g/mol. The van der Waals surface area contributed by atoms with E-state index < -0.39 is 6.67 Å². The summed E-state index contributed by atoms with van der Waals surface area (Å²) in [5.74, 6) is 0. The molecule has 1 aromatic rings. The van der Waals surface area contributed by atoms with E-state index in [1.807, 2.05) is 0 Å². The van der Waals surface area contributed by atoms with Crippen LogP contribution < -0.4 is 5.73 Å². The maximum atomic E-state index is 11.6. The van der Waals surface area contributed by atoms with Gasteiger partial charge in [0, 0.05) is 6.42 Å². The molecule has 0 unspecified atom stereocenters. The van der Waals surface area contributed by atoms with Gasteiger partial charge in [-0.3, -0.25) is 9.49 Å². The summed E-state index contributed by atoms with van der Waals surface area (Å²) in [6, 6.07) is 0. The van der Waals surface area contributed by atoms with Crippen molar-refractivity contribution in [3.63, 3.8) is 0 Å². The molecule has 0 aliphatic heterocycles. The van der Waals surface area contributed by atoms with Gasteiger partial charge in [-0.1, -0.05) is 0 Å². The van der Waals surface area contributed by atoms with Crippen LogP contribution in [0.5, 0.6) is 0 Å². The van der Waals surface area contributed by atoms with E-state index in [0.29, 0.717) is 17.8 Å². The molecule has 4 heteroatoms. The highest BCUT2D eigenvalue weighted by Crippen LogP contribution is 2.05. The Morgan fingerprint density at radius 1 is 1.78 bits per heavy atom. The minimum absolute atomic E-state index is 0.325. The van der Waals surface area contributed by atoms with Crippen molar-refractivity contribution in [2.24, 2.45) is 0 Å². The fourth-order valence-corrected chi connectivity index (χ4v) is 0.617. The van der Waals surface area contributed by atoms with Gasteiger partial charge in [-0.15, -0.1) is 0 Å². The van der Waals surface area contributed by atoms with Crippen molar-refractivity contribution in [1.29, 1.82) is 0 Å². The van der Waals surface area contributed by atoms with Crippen LogP contribution in [0.2, 0.25) is 0 Å². The minimum Gasteiger partial charge on any atom is -0.396 e. The monoisotopic (exact) mass is 129 g/mol. The maximum absolute atomic E-state index is 11.6. The first-order valence-corrected chi connectivity index (χ1v) is 2.68. The van der Waals surface area contributed by atoms with Crippen LogP contribution in [0.4, 0.5) is 10.1 Å². The number of hydrogen-bond donors (Lipinski definition) is 2. The van der Waals surface area contributed by atoms with E-state index in [0.717, 1.165) is 0 Å². The molecule has 50 valence electrons. The fourth-order valence-electron chi connectivity index (χ4n) is 0.617. The predicted octanol–water partition coefficient (Wildman–Crippen LogP) is 0.504. The van der Waals surface area contributed by atoms with Crippen molar-refractivity contribution in [1.82, 2.24) is 10.2 Å². The molecule has 0 bridgehead atoms. The summed E-state index contributed by atoms with van der Waals surface area (Å²) < 4.78 is 11.6. The number of nitrogens with one attached hydrogen (secondary N) is 1. The fraction of sp³-hybridized carbons (Fsp3) is 0.400. The number of nitrogens with zero attached hydrogens (tertiary/aromatic N) is 1. The van der Waals surface area contributed by atoms with Gasteiger partial charge in [-0.05, 0) is 0 Å². The number of aryl methyl sites for hydroxylation is 1. The molecule has 0 saturated heterocycles. The molecule has 0 spiro atoms. The molecule has 1 aromatic heterocycles. The van der Waals surface area contributed by atoms with Gasteiger partial charge in [0.2, 0.25) is 0 Å². The summed E-state index contributed by atoms with van der Waals surface area (Å²) in [6.07, 6.45) is 1.80. The van der Waals surface area contributed by atoms with Gasteiger partial charge in [-0.25, -0.2) is 0 Å². The molecule has 3 N–H and O–H groups in total. The minimum atomic E-state index is -0.396. The van der Waals surface area contributed by atoms with Gasteiger partial charge < -0.3 is 5.73 Å². The number of alkyl halides is 1. The molecule has 0 fully saturated rings. The third-order valence-electron chi connectivity index (χ3n) is 1.10. The van der Waals surface area contributed by atoms with Crippen LogP contribution in [0.15, 0.2) is 6.20 Å². The van der Waals surface area contributed by atoms with Gasteiger partial charge in [0.25, 0.3) is 0 Å². The third kappa shape index (κ3) is 1.19. The first-order chi connectivity index (χ1) is 4.34. The second-order valence-corrected chi connectivity index (χ2v) is 1.74. The molecule has 0 aliphatic carbocycles. The molecule has 0 amide bonds. The second kappa shape index (κ2) is 2.48. The van der Waals surface area contributed by atoms with Gasteiger partial charge in [0.15, 0.2) is 0 Å². The number of aromatic nitrogens is 2. The SMILES string of the molecule is Nc1cn[nH]c1CCF. The van der Waals surface area contributed by atoms with Crippen molar-refractivity contribution in [2.75, 3.05) is 12.4 Å². The van der Waals surface area contributed by atoms with Crippen LogP contribution in [0.25, 0.3) is 0 Å². The number of halogens is 1. The standard InChI is InChI=1S/C5H8FN3/c6-2-1-5-4(7)3-8-9-5/h3H,1-2,7H2,(H,8,9). The Labute approximate surface area is 52.1 Å². The van der Waals surface area contributed by atoms with Gasteiger partial charge in [-0.2, -0.15) is 5.10 Å². The van der Waals surface area contributed by atoms with Crippen molar-refractivity contribution in [2.45, 2.75) is 6.42 Å². The van der Waals surface area contributed by atoms with E-state index in [4.69, 9.17) is 5.73 Å². The number of hydrogen-bond acceptors (Lipinski definition) is 2. The summed E-state index contributed by atoms with van der Waals surface area (Å²) >= 11 is 0. The van der Waals surface area contributed by atoms with E-state index >= 15 is 0 Å². The summed E-state index contributed by atoms with van der Waals surface area (Å²) in [4.78, 5) is 0. The lowest BCUT2D eigenvalue weighted by Crippen LogP contribution is -1.92. The van der Waals surface area contributed by atoms with E-state index in [-0.39, 0.29) is 0 Å². The van der Waals surface area contributed by atoms with Crippen LogP contribution in [-0.2, 0) is 6.42 Å². The Kier molecular flexibility index (Phi) is 1.67. The highest BCUT2D eigenvalue weighted by molar-refractivity contribution is 5.39. The van der Waals surface area contributed by atoms with E-state index in [9.17, 15) is 4.39 Å². The van der Waals surface area contributed by atoms with Crippen LogP contribution in [-0.4, -0.2) is 16.9 Å². The van der Waals surface area contributed by atoms with Crippen molar-refractivity contribution < 1.29 is 4.39 Å². The average Bonchev–Trinajstić information content (AvgIpc) is 2.18. The van der Waals surface area contributed by atoms with Crippen LogP contribution in [0, 0.1) is 0 Å². The number of anilines is 1. The van der Waals surface area contributed by atoms with Crippen LogP contribution in [0.3, 0.4) is 0 Å². The lowest BCUT2D eigenvalue weighted by atomic mass is 10.3. The van der Waals surface area contributed by atoms with Gasteiger partial charge in [0.05, 0.1) is 24.3 Å². The number of nitrogens with two attached hydrogens (primary N) is 1. The van der Waals surface area contributed by atoms with E-state index in [1.165, 1.54) is 6.20 Å². The molecule has 1 rings (SSSR count). The lowest BCUT2D eigenvalue weighted by Gasteiger charge is -1.90. The van der Waals surface area contributed by atoms with E-state index in [1.54, 1.807) is 0 Å². The van der Waals surface area contributed by atoms with Gasteiger partial charge >= 0.3 is 0 Å². The summed E-state index contributed by atoms with van der Waals surface area (Å²) in [6.45, 7) is -0.396. The Bertz CT molecular complexity index is 184. The lowest BCUT2D eigenvalue weighted by molar-refractivity contribution is 0.492. The Balaban J connectivity index is 2.69. The maximum Gasteiger partial charge on any atom is 0.0950 e. The quantitative estimate of drug-likeness (QED) is 0.611. The van der Waals surface area contributed by atoms with E-state index in [2.05, 4.69) is 10.2 Å². The number of rotatable bonds is 2. The molecule has 9 heavy (non-hydrogen) atoms. The first-order valence-electron chi connectivity index (χ1n) is 2.68. The molecule has 1 heterocycles. The smallest absolute Gasteiger partial charge is 0.0950 e. The van der Waals surface area contributed by atoms with Crippen molar-refractivity contribution in [3.05, 3.63) is 11.9 Å². The van der Waals surface area contributed by atoms with Gasteiger partial charge in [0.1, 0.15) is 0 Å². The summed E-state index contributed by atoms with van der Waals surface area (Å²) in [5.41, 5.74) is 6.58. The molecule has 0 aliphatic rings. The highest BCUT2D eigenvalue weighted by Gasteiger charge is 1.97. The average molecular weight is 129 g/mol. The number of H-pyrrole nitrogens is 1. The molecule has 3 nitrogen and oxygen atoms in total. The second-order valence-electron chi connectivity index (χ2n) is 1.74. The molecule has 0 aromatic carbocycles. The highest BCUT2D eigenvalue weighted by atomic mass is 19.1. The number of aromatic amines is 1. The number of nitrogen functional groups attached to an aromatic ring is 1. The molecule has 0 radical (unpaired) electrons. The Morgan fingerprint density at radius 2 is 2.56 bits per heavy atom. The van der Waals surface area contributed by atoms with Crippen LogP contribution >= 0.6 is 0 Å². The largest absolute Gasteiger partial charge is 0.396 e. The molecule has 0 atom stereocenters. The zero-order valence-electron chi connectivity index (χ0n) is 4.89. The van der Waals surface area contributed by atoms with Crippen molar-refractivity contribution >= 4 is 5.69 Å². The molecule has 0 saturated carbocycles. The summed E-state index contributed by atoms with van der Waals surface area (Å²) in [7, 11) is 0. The predicted molar refractivity (Wildman–Crippen MR) is 32.7 cm³/mol. The molecular formula is C5H8FN3. The zero-order valence-corrected chi connectivity index (χ0v) is 4.89. The third-order valence-corrected chi connectivity index (χ3v) is 1.10. The Hall–Kier alpha value is -1.06. The normalized spacial score (nSPS) is 9.89.